The Morgan fingerprint density at radius 3 is 2.96 bits per heavy atom. The normalized spacial score (nSPS) is 11.0. The highest BCUT2D eigenvalue weighted by atomic mass is 16.5. The second-order valence-electron chi connectivity index (χ2n) is 5.44. The van der Waals surface area contributed by atoms with Gasteiger partial charge in [0.2, 0.25) is 5.91 Å². The smallest absolute Gasteiger partial charge is 0.248 e. The Labute approximate surface area is 135 Å². The van der Waals surface area contributed by atoms with Crippen LogP contribution in [0.15, 0.2) is 12.7 Å². The van der Waals surface area contributed by atoms with E-state index in [-0.39, 0.29) is 12.5 Å². The Hall–Kier alpha value is -2.22. The molecule has 0 radical (unpaired) electrons. The molecule has 0 aliphatic rings. The van der Waals surface area contributed by atoms with Crippen LogP contribution in [-0.2, 0) is 16.1 Å². The number of hydrogen-bond donors (Lipinski definition) is 1. The number of aromatic nitrogens is 4. The molecule has 1 amide bonds. The second-order valence-corrected chi connectivity index (χ2v) is 5.44. The number of hydrogen-bond acceptors (Lipinski definition) is 6. The zero-order chi connectivity index (χ0) is 16.7. The van der Waals surface area contributed by atoms with Crippen LogP contribution in [0.1, 0.15) is 26.2 Å². The molecule has 0 unspecified atom stereocenters. The lowest BCUT2D eigenvalue weighted by Gasteiger charge is -2.17. The summed E-state index contributed by atoms with van der Waals surface area (Å²) < 4.78 is 7.25. The minimum absolute atomic E-state index is 0.0277. The summed E-state index contributed by atoms with van der Waals surface area (Å²) in [7, 11) is 1.76. The van der Waals surface area contributed by atoms with Crippen molar-refractivity contribution in [1.82, 2.24) is 24.4 Å². The van der Waals surface area contributed by atoms with Crippen molar-refractivity contribution in [1.29, 1.82) is 0 Å². The van der Waals surface area contributed by atoms with Crippen molar-refractivity contribution in [3.05, 3.63) is 12.7 Å². The predicted molar refractivity (Wildman–Crippen MR) is 87.7 cm³/mol. The first-order chi connectivity index (χ1) is 11.1. The third-order valence-electron chi connectivity index (χ3n) is 3.65. The molecule has 0 fully saturated rings. The number of likely N-dealkylation sites (N-methyl/N-ethyl adjacent to an activating group) is 1. The van der Waals surface area contributed by atoms with E-state index >= 15 is 0 Å². The summed E-state index contributed by atoms with van der Waals surface area (Å²) in [6.45, 7) is 4.03. The lowest BCUT2D eigenvalue weighted by molar-refractivity contribution is -0.134. The first-order valence-electron chi connectivity index (χ1n) is 7.86. The van der Waals surface area contributed by atoms with E-state index in [2.05, 4.69) is 21.9 Å². The van der Waals surface area contributed by atoms with Gasteiger partial charge in [-0.25, -0.2) is 15.0 Å². The number of unbranched alkanes of at least 4 members (excludes halogenated alkanes) is 2. The van der Waals surface area contributed by atoms with Gasteiger partial charge < -0.3 is 19.9 Å². The SMILES string of the molecule is CCCCCOCC(=O)N(C)CCn1cnc2c(N)ncnc21. The van der Waals surface area contributed by atoms with Gasteiger partial charge >= 0.3 is 0 Å². The monoisotopic (exact) mass is 320 g/mol. The van der Waals surface area contributed by atoms with Gasteiger partial charge in [0.1, 0.15) is 18.5 Å². The fraction of sp³-hybridized carbons (Fsp3) is 0.600. The van der Waals surface area contributed by atoms with E-state index in [0.29, 0.717) is 36.7 Å². The van der Waals surface area contributed by atoms with Gasteiger partial charge in [-0.2, -0.15) is 0 Å². The van der Waals surface area contributed by atoms with E-state index in [1.165, 1.54) is 6.33 Å². The van der Waals surface area contributed by atoms with Crippen LogP contribution in [0.4, 0.5) is 5.82 Å². The van der Waals surface area contributed by atoms with Crippen molar-refractivity contribution < 1.29 is 9.53 Å². The number of fused-ring (bicyclic) bond motifs is 1. The zero-order valence-electron chi connectivity index (χ0n) is 13.7. The van der Waals surface area contributed by atoms with Crippen molar-refractivity contribution in [2.75, 3.05) is 32.5 Å². The van der Waals surface area contributed by atoms with Crippen molar-refractivity contribution in [3.63, 3.8) is 0 Å². The van der Waals surface area contributed by atoms with E-state index in [4.69, 9.17) is 10.5 Å². The molecule has 8 nitrogen and oxygen atoms in total. The number of rotatable bonds is 9. The molecule has 2 aromatic heterocycles. The fourth-order valence-corrected chi connectivity index (χ4v) is 2.17. The largest absolute Gasteiger partial charge is 0.382 e. The molecule has 0 aliphatic heterocycles. The number of nitrogens with zero attached hydrogens (tertiary/aromatic N) is 5. The predicted octanol–water partition coefficient (Wildman–Crippen LogP) is 1.07. The minimum atomic E-state index is -0.0277. The van der Waals surface area contributed by atoms with Gasteiger partial charge in [0, 0.05) is 26.7 Å². The third-order valence-corrected chi connectivity index (χ3v) is 3.65. The third kappa shape index (κ3) is 4.62. The number of nitrogens with two attached hydrogens (primary N) is 1. The number of imidazole rings is 1. The topological polar surface area (TPSA) is 99.2 Å². The van der Waals surface area contributed by atoms with Crippen LogP contribution in [-0.4, -0.2) is 57.1 Å². The fourth-order valence-electron chi connectivity index (χ4n) is 2.17. The number of carbonyl (C=O) groups is 1. The molecule has 0 bridgehead atoms. The molecule has 0 spiro atoms. The molecule has 126 valence electrons. The molecule has 8 heteroatoms. The zero-order valence-corrected chi connectivity index (χ0v) is 13.7. The Morgan fingerprint density at radius 2 is 2.17 bits per heavy atom. The molecular weight excluding hydrogens is 296 g/mol. The van der Waals surface area contributed by atoms with Gasteiger partial charge in [-0.3, -0.25) is 4.79 Å². The molecule has 2 heterocycles. The van der Waals surface area contributed by atoms with Crippen LogP contribution < -0.4 is 5.73 Å². The number of anilines is 1. The lowest BCUT2D eigenvalue weighted by atomic mass is 10.3. The molecule has 0 saturated carbocycles. The van der Waals surface area contributed by atoms with Crippen molar-refractivity contribution in [2.45, 2.75) is 32.7 Å². The molecule has 2 aromatic rings. The van der Waals surface area contributed by atoms with Crippen molar-refractivity contribution >= 4 is 22.9 Å². The minimum Gasteiger partial charge on any atom is -0.382 e. The average Bonchev–Trinajstić information content (AvgIpc) is 2.96. The summed E-state index contributed by atoms with van der Waals surface area (Å²) in [5.74, 6) is 0.332. The number of carbonyl (C=O) groups excluding carboxylic acids is 1. The summed E-state index contributed by atoms with van der Waals surface area (Å²) in [5.41, 5.74) is 7.01. The summed E-state index contributed by atoms with van der Waals surface area (Å²) >= 11 is 0. The first-order valence-corrected chi connectivity index (χ1v) is 7.86. The molecule has 0 atom stereocenters. The highest BCUT2D eigenvalue weighted by molar-refractivity contribution is 5.81. The van der Waals surface area contributed by atoms with Gasteiger partial charge in [0.05, 0.1) is 6.33 Å². The number of ether oxygens (including phenoxy) is 1. The van der Waals surface area contributed by atoms with Crippen LogP contribution in [0, 0.1) is 0 Å². The second kappa shape index (κ2) is 8.42. The standard InChI is InChI=1S/C15H24N6O2/c1-3-4-5-8-23-9-12(22)20(2)6-7-21-11-19-13-14(16)17-10-18-15(13)21/h10-11H,3-9H2,1-2H3,(H2,16,17,18). The van der Waals surface area contributed by atoms with Crippen molar-refractivity contribution in [2.24, 2.45) is 0 Å². The molecule has 2 N–H and O–H groups in total. The van der Waals surface area contributed by atoms with E-state index in [0.717, 1.165) is 19.3 Å². The van der Waals surface area contributed by atoms with Gasteiger partial charge in [0.25, 0.3) is 0 Å². The van der Waals surface area contributed by atoms with Crippen LogP contribution in [0.3, 0.4) is 0 Å². The highest BCUT2D eigenvalue weighted by Gasteiger charge is 2.11. The summed E-state index contributed by atoms with van der Waals surface area (Å²) in [5, 5.41) is 0. The maximum absolute atomic E-state index is 12.0. The van der Waals surface area contributed by atoms with Crippen LogP contribution in [0.25, 0.3) is 11.2 Å². The number of amides is 1. The van der Waals surface area contributed by atoms with E-state index in [1.54, 1.807) is 18.3 Å². The van der Waals surface area contributed by atoms with Gasteiger partial charge in [-0.1, -0.05) is 19.8 Å². The van der Waals surface area contributed by atoms with E-state index in [9.17, 15) is 4.79 Å². The van der Waals surface area contributed by atoms with E-state index < -0.39 is 0 Å². The molecular formula is C15H24N6O2. The summed E-state index contributed by atoms with van der Waals surface area (Å²) in [4.78, 5) is 25.9. The van der Waals surface area contributed by atoms with Crippen molar-refractivity contribution in [3.8, 4) is 0 Å². The van der Waals surface area contributed by atoms with Crippen LogP contribution in [0.5, 0.6) is 0 Å². The molecule has 0 aromatic carbocycles. The van der Waals surface area contributed by atoms with Gasteiger partial charge in [0.15, 0.2) is 11.5 Å². The van der Waals surface area contributed by atoms with E-state index in [1.807, 2.05) is 4.57 Å². The summed E-state index contributed by atoms with van der Waals surface area (Å²) in [6, 6.07) is 0. The number of nitrogen functional groups attached to an aromatic ring is 1. The molecule has 2 rings (SSSR count). The first kappa shape index (κ1) is 17.1. The van der Waals surface area contributed by atoms with Crippen LogP contribution >= 0.6 is 0 Å². The molecule has 0 aliphatic carbocycles. The van der Waals surface area contributed by atoms with Gasteiger partial charge in [-0.15, -0.1) is 0 Å². The quantitative estimate of drug-likeness (QED) is 0.694. The Kier molecular flexibility index (Phi) is 6.28. The van der Waals surface area contributed by atoms with Gasteiger partial charge in [-0.05, 0) is 6.42 Å². The highest BCUT2D eigenvalue weighted by Crippen LogP contribution is 2.13. The lowest BCUT2D eigenvalue weighted by Crippen LogP contribution is -2.33. The average molecular weight is 320 g/mol. The Bertz CT molecular complexity index is 642. The molecule has 0 saturated heterocycles. The maximum Gasteiger partial charge on any atom is 0.248 e. The van der Waals surface area contributed by atoms with Crippen LogP contribution in [0.2, 0.25) is 0 Å². The Balaban J connectivity index is 1.80. The molecule has 23 heavy (non-hydrogen) atoms. The maximum atomic E-state index is 12.0. The Morgan fingerprint density at radius 1 is 1.35 bits per heavy atom. The summed E-state index contributed by atoms with van der Waals surface area (Å²) in [6.07, 6.45) is 6.34.